The van der Waals surface area contributed by atoms with E-state index in [1.165, 1.54) is 14.0 Å². The number of unbranched alkanes of at least 4 members (excludes halogenated alkanes) is 1. The van der Waals surface area contributed by atoms with Crippen LogP contribution in [0.1, 0.15) is 74.1 Å². The molecule has 0 N–H and O–H groups in total. The first kappa shape index (κ1) is 35.9. The van der Waals surface area contributed by atoms with Crippen molar-refractivity contribution in [2.75, 3.05) is 20.3 Å². The molecule has 0 saturated carbocycles. The molecular formula is C34H50N4O7. The van der Waals surface area contributed by atoms with Crippen LogP contribution in [0.4, 0.5) is 4.79 Å². The van der Waals surface area contributed by atoms with Gasteiger partial charge in [-0.1, -0.05) is 34.6 Å². The average molecular weight is 627 g/mol. The van der Waals surface area contributed by atoms with E-state index in [1.54, 1.807) is 37.5 Å². The zero-order chi connectivity index (χ0) is 33.3. The van der Waals surface area contributed by atoms with Gasteiger partial charge in [0.1, 0.15) is 17.8 Å². The summed E-state index contributed by atoms with van der Waals surface area (Å²) >= 11 is 0. The number of aryl methyl sites for hydroxylation is 1. The van der Waals surface area contributed by atoms with Gasteiger partial charge in [-0.05, 0) is 51.7 Å². The minimum atomic E-state index is -1.30. The molecule has 1 aliphatic heterocycles. The largest absolute Gasteiger partial charge is 0.458 e. The van der Waals surface area contributed by atoms with Crippen LogP contribution in [-0.4, -0.2) is 81.1 Å². The number of amides is 1. The Bertz CT molecular complexity index is 1300. The van der Waals surface area contributed by atoms with Gasteiger partial charge in [-0.25, -0.2) is 9.78 Å². The van der Waals surface area contributed by atoms with Gasteiger partial charge in [0.2, 0.25) is 0 Å². The number of carbonyl (C=O) groups is 4. The first-order valence-corrected chi connectivity index (χ1v) is 16.1. The van der Waals surface area contributed by atoms with E-state index in [9.17, 15) is 19.2 Å². The molecule has 1 fully saturated rings. The Morgan fingerprint density at radius 2 is 1.76 bits per heavy atom. The van der Waals surface area contributed by atoms with Gasteiger partial charge in [0, 0.05) is 62.1 Å². The fourth-order valence-electron chi connectivity index (χ4n) is 6.23. The van der Waals surface area contributed by atoms with E-state index in [0.717, 1.165) is 17.7 Å². The predicted molar refractivity (Wildman–Crippen MR) is 169 cm³/mol. The summed E-state index contributed by atoms with van der Waals surface area (Å²) in [5.41, 5.74) is 0.477. The average Bonchev–Trinajstić information content (AvgIpc) is 3.62. The van der Waals surface area contributed by atoms with E-state index in [4.69, 9.17) is 14.2 Å². The monoisotopic (exact) mass is 626 g/mol. The normalized spacial score (nSPS) is 21.5. The van der Waals surface area contributed by atoms with Crippen LogP contribution in [0.2, 0.25) is 0 Å². The van der Waals surface area contributed by atoms with Crippen molar-refractivity contribution in [3.05, 3.63) is 37.1 Å². The third-order valence-corrected chi connectivity index (χ3v) is 9.09. The van der Waals surface area contributed by atoms with E-state index in [0.29, 0.717) is 32.4 Å². The van der Waals surface area contributed by atoms with Gasteiger partial charge in [0.15, 0.2) is 11.4 Å². The number of imidazole rings is 1. The van der Waals surface area contributed by atoms with Gasteiger partial charge in [0.25, 0.3) is 0 Å². The van der Waals surface area contributed by atoms with Crippen LogP contribution in [0.3, 0.4) is 0 Å². The number of ketones is 2. The summed E-state index contributed by atoms with van der Waals surface area (Å²) in [6.45, 7) is 13.7. The number of nitrogens with zero attached hydrogens (tertiary/aromatic N) is 4. The third kappa shape index (κ3) is 8.36. The molecule has 1 aliphatic rings. The van der Waals surface area contributed by atoms with Gasteiger partial charge >= 0.3 is 12.1 Å². The minimum absolute atomic E-state index is 0.0245. The molecular weight excluding hydrogens is 576 g/mol. The second kappa shape index (κ2) is 16.1. The van der Waals surface area contributed by atoms with Crippen molar-refractivity contribution in [3.8, 4) is 11.3 Å². The molecule has 45 heavy (non-hydrogen) atoms. The van der Waals surface area contributed by atoms with E-state index in [-0.39, 0.29) is 24.1 Å². The second-order valence-corrected chi connectivity index (χ2v) is 12.5. The number of pyridine rings is 1. The summed E-state index contributed by atoms with van der Waals surface area (Å²) in [5.74, 6) is -3.21. The van der Waals surface area contributed by atoms with Gasteiger partial charge in [-0.3, -0.25) is 19.4 Å². The molecule has 3 rings (SSSR count). The molecule has 2 aromatic rings. The number of methoxy groups -OCH3 is 1. The van der Waals surface area contributed by atoms with E-state index >= 15 is 0 Å². The molecule has 11 nitrogen and oxygen atoms in total. The van der Waals surface area contributed by atoms with Crippen molar-refractivity contribution in [1.82, 2.24) is 19.4 Å². The number of esters is 1. The number of Topliss-reactive ketones (excluding diaryl/α,β-unsaturated/α-hetero) is 2. The predicted octanol–water partition coefficient (Wildman–Crippen LogP) is 5.37. The Balaban J connectivity index is 1.77. The molecule has 0 unspecified atom stereocenters. The summed E-state index contributed by atoms with van der Waals surface area (Å²) in [7, 11) is 1.50. The quantitative estimate of drug-likeness (QED) is 0.122. The first-order chi connectivity index (χ1) is 21.4. The molecule has 0 radical (unpaired) electrons. The topological polar surface area (TPSA) is 130 Å². The molecule has 1 amide bonds. The van der Waals surface area contributed by atoms with Gasteiger partial charge in [-0.15, -0.1) is 0 Å². The lowest BCUT2D eigenvalue weighted by molar-refractivity contribution is -0.171. The zero-order valence-electron chi connectivity index (χ0n) is 28.0. The highest BCUT2D eigenvalue weighted by atomic mass is 16.6. The maximum absolute atomic E-state index is 13.5. The van der Waals surface area contributed by atoms with Gasteiger partial charge < -0.3 is 23.7 Å². The lowest BCUT2D eigenvalue weighted by Gasteiger charge is -2.40. The smallest absolute Gasteiger partial charge is 0.410 e. The number of carbonyl (C=O) groups excluding carboxylic acids is 4. The van der Waals surface area contributed by atoms with Crippen molar-refractivity contribution in [2.24, 2.45) is 23.7 Å². The van der Waals surface area contributed by atoms with Crippen molar-refractivity contribution in [2.45, 2.75) is 98.4 Å². The third-order valence-electron chi connectivity index (χ3n) is 9.09. The van der Waals surface area contributed by atoms with Crippen LogP contribution in [0.5, 0.6) is 0 Å². The van der Waals surface area contributed by atoms with Crippen molar-refractivity contribution in [1.29, 1.82) is 0 Å². The lowest BCUT2D eigenvalue weighted by Crippen LogP contribution is -2.57. The fourth-order valence-corrected chi connectivity index (χ4v) is 6.23. The van der Waals surface area contributed by atoms with Crippen LogP contribution in [0, 0.1) is 23.7 Å². The van der Waals surface area contributed by atoms with Crippen LogP contribution in [0.25, 0.3) is 11.3 Å². The number of aromatic nitrogens is 3. The maximum atomic E-state index is 13.5. The Labute approximate surface area is 267 Å². The molecule has 3 heterocycles. The summed E-state index contributed by atoms with van der Waals surface area (Å²) in [6, 6.07) is 3.17. The SMILES string of the molecule is CC[C@@H](C)C(=O)[C@H](C)[C@H]1N(CCCCn2cnc(-c3cccnc3)c2)C(=O)O[C@]1(C)[C@@H](CC)OC(=O)[C@H](C)C(=O)[C@H](C)COC. The van der Waals surface area contributed by atoms with Crippen LogP contribution < -0.4 is 0 Å². The molecule has 11 heteroatoms. The Hall–Kier alpha value is -3.60. The standard InChI is InChI=1S/C34H50N4O7/c1-9-22(3)29(39)24(5)31-34(7,28(10-2)44-32(41)25(6)30(40)23(4)20-43-8)45-33(42)38(31)17-12-11-16-37-19-27(36-21-37)26-14-13-15-35-18-26/h13-15,18-19,21-25,28,31H,9-12,16-17,20H2,1-8H3/t22-,23-,24+,25-,28-,31-,34-/m1/s1. The highest BCUT2D eigenvalue weighted by Gasteiger charge is 2.59. The molecule has 0 aliphatic carbocycles. The van der Waals surface area contributed by atoms with Gasteiger partial charge in [-0.2, -0.15) is 0 Å². The van der Waals surface area contributed by atoms with Crippen LogP contribution >= 0.6 is 0 Å². The van der Waals surface area contributed by atoms with Crippen LogP contribution in [-0.2, 0) is 35.1 Å². The molecule has 0 spiro atoms. The number of hydrogen-bond donors (Lipinski definition) is 0. The molecule has 0 aromatic carbocycles. The second-order valence-electron chi connectivity index (χ2n) is 12.5. The molecule has 2 aromatic heterocycles. The summed E-state index contributed by atoms with van der Waals surface area (Å²) in [4.78, 5) is 63.3. The summed E-state index contributed by atoms with van der Waals surface area (Å²) in [6.07, 6.45) is 8.25. The minimum Gasteiger partial charge on any atom is -0.458 e. The number of hydrogen-bond acceptors (Lipinski definition) is 9. The molecule has 0 bridgehead atoms. The molecule has 1 saturated heterocycles. The van der Waals surface area contributed by atoms with Crippen LogP contribution in [0.15, 0.2) is 37.1 Å². The maximum Gasteiger partial charge on any atom is 0.410 e. The molecule has 7 atom stereocenters. The van der Waals surface area contributed by atoms with Gasteiger partial charge in [0.05, 0.1) is 24.7 Å². The first-order valence-electron chi connectivity index (χ1n) is 16.1. The Morgan fingerprint density at radius 1 is 1.04 bits per heavy atom. The lowest BCUT2D eigenvalue weighted by atomic mass is 9.77. The molecule has 248 valence electrons. The summed E-state index contributed by atoms with van der Waals surface area (Å²) in [5, 5.41) is 0. The van der Waals surface area contributed by atoms with E-state index in [2.05, 4.69) is 9.97 Å². The number of ether oxygens (including phenoxy) is 3. The summed E-state index contributed by atoms with van der Waals surface area (Å²) < 4.78 is 19.1. The fraction of sp³-hybridized carbons (Fsp3) is 0.647. The highest BCUT2D eigenvalue weighted by molar-refractivity contribution is 5.99. The number of rotatable bonds is 18. The highest BCUT2D eigenvalue weighted by Crippen LogP contribution is 2.41. The van der Waals surface area contributed by atoms with E-state index < -0.39 is 47.6 Å². The number of cyclic esters (lactones) is 1. The van der Waals surface area contributed by atoms with Crippen molar-refractivity contribution in [3.63, 3.8) is 0 Å². The Kier molecular flexibility index (Phi) is 12.8. The Morgan fingerprint density at radius 3 is 2.38 bits per heavy atom. The van der Waals surface area contributed by atoms with E-state index in [1.807, 2.05) is 50.6 Å². The van der Waals surface area contributed by atoms with Crippen molar-refractivity contribution >= 4 is 23.6 Å². The zero-order valence-corrected chi connectivity index (χ0v) is 28.0. The van der Waals surface area contributed by atoms with Crippen molar-refractivity contribution < 1.29 is 33.4 Å².